The van der Waals surface area contributed by atoms with E-state index in [1.807, 2.05) is 21.1 Å². The first kappa shape index (κ1) is 70.5. The first-order valence-electron chi connectivity index (χ1n) is 31.1. The Balaban J connectivity index is 3.92. The van der Waals surface area contributed by atoms with E-state index < -0.39 is 24.3 Å². The Morgan fingerprint density at radius 2 is 0.753 bits per heavy atom. The minimum absolute atomic E-state index is 0.148. The molecule has 0 radical (unpaired) electrons. The van der Waals surface area contributed by atoms with E-state index in [9.17, 15) is 19.5 Å². The number of ether oxygens (including phenoxy) is 4. The number of carboxylic acids is 1. The van der Waals surface area contributed by atoms with E-state index in [0.29, 0.717) is 17.4 Å². The number of hydrogen-bond donors (Lipinski definition) is 0. The van der Waals surface area contributed by atoms with Gasteiger partial charge < -0.3 is 33.3 Å². The van der Waals surface area contributed by atoms with Gasteiger partial charge in [0, 0.05) is 12.8 Å². The van der Waals surface area contributed by atoms with Gasteiger partial charge in [-0.15, -0.1) is 0 Å². The molecule has 0 spiro atoms. The first-order chi connectivity index (χ1) is 35.6. The van der Waals surface area contributed by atoms with Crippen molar-refractivity contribution in [3.8, 4) is 0 Å². The molecule has 73 heavy (non-hydrogen) atoms. The summed E-state index contributed by atoms with van der Waals surface area (Å²) in [5, 5.41) is 11.7. The van der Waals surface area contributed by atoms with Crippen LogP contribution in [0.5, 0.6) is 0 Å². The van der Waals surface area contributed by atoms with Crippen molar-refractivity contribution in [3.63, 3.8) is 0 Å². The molecule has 2 atom stereocenters. The molecule has 0 saturated heterocycles. The molecule has 2 unspecified atom stereocenters. The smallest absolute Gasteiger partial charge is 0.306 e. The summed E-state index contributed by atoms with van der Waals surface area (Å²) in [6.07, 6.45) is 65.3. The monoisotopic (exact) mass is 1030 g/mol. The van der Waals surface area contributed by atoms with Crippen LogP contribution in [0.2, 0.25) is 0 Å². The maximum Gasteiger partial charge on any atom is 0.306 e. The number of rotatable bonds is 58. The Labute approximate surface area is 451 Å². The highest BCUT2D eigenvalue weighted by atomic mass is 16.7. The molecule has 0 aliphatic carbocycles. The summed E-state index contributed by atoms with van der Waals surface area (Å²) in [6, 6.07) is 0. The molecule has 0 aliphatic heterocycles. The summed E-state index contributed by atoms with van der Waals surface area (Å²) >= 11 is 0. The second-order valence-electron chi connectivity index (χ2n) is 22.3. The molecular formula is C64H119NO8. The average Bonchev–Trinajstić information content (AvgIpc) is 3.36. The van der Waals surface area contributed by atoms with Crippen LogP contribution in [-0.4, -0.2) is 82.3 Å². The van der Waals surface area contributed by atoms with Crippen LogP contribution in [0.1, 0.15) is 296 Å². The standard InChI is InChI=1S/C64H119NO8/c1-6-8-10-12-14-16-18-19-20-21-22-23-24-25-26-27-28-29-30-31-32-33-34-35-36-37-38-39-40-41-42-43-45-47-49-51-53-55-62(67)73-60(59-72-64(63(68)69)70-57-56-65(3,4)5)58-71-61(66)54-52-50-48-46-44-17-15-13-11-9-7-2/h13,15,18-19,21-22,60,64H,6-12,14,16-17,20,23-59H2,1-5H3/b15-13-,19-18-,22-21-. The molecule has 0 fully saturated rings. The van der Waals surface area contributed by atoms with Gasteiger partial charge in [0.1, 0.15) is 13.2 Å². The Hall–Kier alpha value is -2.49. The topological polar surface area (TPSA) is 111 Å². The maximum atomic E-state index is 12.8. The third-order valence-corrected chi connectivity index (χ3v) is 13.9. The van der Waals surface area contributed by atoms with Crippen LogP contribution in [0.25, 0.3) is 0 Å². The van der Waals surface area contributed by atoms with Gasteiger partial charge in [-0.2, -0.15) is 0 Å². The summed E-state index contributed by atoms with van der Waals surface area (Å²) in [6.45, 7) is 4.71. The Morgan fingerprint density at radius 3 is 1.14 bits per heavy atom. The number of carbonyl (C=O) groups excluding carboxylic acids is 3. The number of nitrogens with zero attached hydrogens (tertiary/aromatic N) is 1. The van der Waals surface area contributed by atoms with E-state index in [4.69, 9.17) is 18.9 Å². The molecule has 428 valence electrons. The fraction of sp³-hybridized carbons (Fsp3) is 0.859. The van der Waals surface area contributed by atoms with Gasteiger partial charge in [0.2, 0.25) is 0 Å². The van der Waals surface area contributed by atoms with Crippen LogP contribution in [0.15, 0.2) is 36.5 Å². The predicted molar refractivity (Wildman–Crippen MR) is 306 cm³/mol. The van der Waals surface area contributed by atoms with E-state index in [-0.39, 0.29) is 38.6 Å². The van der Waals surface area contributed by atoms with E-state index >= 15 is 0 Å². The van der Waals surface area contributed by atoms with Gasteiger partial charge >= 0.3 is 11.9 Å². The second kappa shape index (κ2) is 55.7. The van der Waals surface area contributed by atoms with Crippen molar-refractivity contribution in [2.75, 3.05) is 47.5 Å². The lowest BCUT2D eigenvalue weighted by Gasteiger charge is -2.26. The molecule has 0 N–H and O–H groups in total. The van der Waals surface area contributed by atoms with E-state index in [1.165, 1.54) is 199 Å². The maximum absolute atomic E-state index is 12.8. The lowest BCUT2D eigenvalue weighted by atomic mass is 10.0. The Morgan fingerprint density at radius 1 is 0.411 bits per heavy atom. The molecule has 9 heteroatoms. The van der Waals surface area contributed by atoms with Crippen molar-refractivity contribution in [3.05, 3.63) is 36.5 Å². The summed E-state index contributed by atoms with van der Waals surface area (Å²) in [5.74, 6) is -2.28. The summed E-state index contributed by atoms with van der Waals surface area (Å²) in [4.78, 5) is 37.2. The van der Waals surface area contributed by atoms with Gasteiger partial charge in [-0.25, -0.2) is 0 Å². The molecule has 9 nitrogen and oxygen atoms in total. The molecule has 0 saturated carbocycles. The fourth-order valence-corrected chi connectivity index (χ4v) is 9.02. The van der Waals surface area contributed by atoms with E-state index in [2.05, 4.69) is 50.3 Å². The quantitative estimate of drug-likeness (QED) is 0.0195. The van der Waals surface area contributed by atoms with Crippen molar-refractivity contribution in [1.29, 1.82) is 0 Å². The summed E-state index contributed by atoms with van der Waals surface area (Å²) in [5.41, 5.74) is 0. The minimum atomic E-state index is -1.62. The zero-order valence-corrected chi connectivity index (χ0v) is 48.8. The number of carboxylic acid groups (broad SMARTS) is 1. The number of likely N-dealkylation sites (N-methyl/N-ethyl adjacent to an activating group) is 1. The molecule has 0 bridgehead atoms. The minimum Gasteiger partial charge on any atom is -0.545 e. The van der Waals surface area contributed by atoms with Gasteiger partial charge in [0.25, 0.3) is 0 Å². The van der Waals surface area contributed by atoms with E-state index in [0.717, 1.165) is 64.2 Å². The normalized spacial score (nSPS) is 12.9. The third-order valence-electron chi connectivity index (χ3n) is 13.9. The zero-order valence-electron chi connectivity index (χ0n) is 48.8. The molecule has 0 aromatic heterocycles. The van der Waals surface area contributed by atoms with Crippen LogP contribution in [0, 0.1) is 0 Å². The lowest BCUT2D eigenvalue weighted by molar-refractivity contribution is -0.870. The molecule has 0 amide bonds. The van der Waals surface area contributed by atoms with Crippen molar-refractivity contribution in [1.82, 2.24) is 0 Å². The van der Waals surface area contributed by atoms with Gasteiger partial charge in [-0.1, -0.05) is 256 Å². The summed E-state index contributed by atoms with van der Waals surface area (Å²) < 4.78 is 22.6. The van der Waals surface area contributed by atoms with Crippen molar-refractivity contribution in [2.45, 2.75) is 309 Å². The first-order valence-corrected chi connectivity index (χ1v) is 31.1. The largest absolute Gasteiger partial charge is 0.545 e. The Bertz CT molecular complexity index is 1290. The molecule has 0 aromatic rings. The lowest BCUT2D eigenvalue weighted by Crippen LogP contribution is -2.44. The number of aliphatic carboxylic acids is 1. The number of unbranched alkanes of at least 4 members (excludes halogenated alkanes) is 37. The zero-order chi connectivity index (χ0) is 53.4. The highest BCUT2D eigenvalue weighted by Gasteiger charge is 2.22. The average molecular weight is 1030 g/mol. The molecular weight excluding hydrogens is 911 g/mol. The van der Waals surface area contributed by atoms with Crippen LogP contribution < -0.4 is 5.11 Å². The molecule has 0 heterocycles. The van der Waals surface area contributed by atoms with Crippen LogP contribution >= 0.6 is 0 Å². The molecule has 0 aliphatic rings. The van der Waals surface area contributed by atoms with Crippen molar-refractivity contribution < 1.29 is 42.9 Å². The second-order valence-corrected chi connectivity index (χ2v) is 22.3. The fourth-order valence-electron chi connectivity index (χ4n) is 9.02. The van der Waals surface area contributed by atoms with Crippen LogP contribution in [0.3, 0.4) is 0 Å². The van der Waals surface area contributed by atoms with Crippen LogP contribution in [-0.2, 0) is 33.3 Å². The highest BCUT2D eigenvalue weighted by Crippen LogP contribution is 2.18. The number of quaternary nitrogens is 1. The van der Waals surface area contributed by atoms with Gasteiger partial charge in [0.05, 0.1) is 40.3 Å². The summed E-state index contributed by atoms with van der Waals surface area (Å²) in [7, 11) is 5.92. The number of esters is 2. The van der Waals surface area contributed by atoms with E-state index in [1.54, 1.807) is 0 Å². The predicted octanol–water partition coefficient (Wildman–Crippen LogP) is 17.1. The van der Waals surface area contributed by atoms with Crippen molar-refractivity contribution in [2.24, 2.45) is 0 Å². The van der Waals surface area contributed by atoms with Crippen LogP contribution in [0.4, 0.5) is 0 Å². The Kier molecular flexibility index (Phi) is 53.8. The highest BCUT2D eigenvalue weighted by molar-refractivity contribution is 5.70. The molecule has 0 rings (SSSR count). The van der Waals surface area contributed by atoms with Gasteiger partial charge in [0.15, 0.2) is 12.4 Å². The SMILES string of the molecule is CCCC/C=C\CCCCCCCC(=O)OCC(COC(OCC[N+](C)(C)C)C(=O)[O-])OC(=O)CCCCCCCCCCCCCCCCCCCCCCCCCCC/C=C\C/C=C\CCCCCCC. The number of allylic oxidation sites excluding steroid dienone is 6. The van der Waals surface area contributed by atoms with Gasteiger partial charge in [-0.3, -0.25) is 9.59 Å². The third kappa shape index (κ3) is 57.1. The molecule has 0 aromatic carbocycles. The van der Waals surface area contributed by atoms with Crippen molar-refractivity contribution >= 4 is 17.9 Å². The number of carbonyl (C=O) groups is 3. The number of hydrogen-bond acceptors (Lipinski definition) is 8. The van der Waals surface area contributed by atoms with Gasteiger partial charge in [-0.05, 0) is 64.2 Å².